The normalized spacial score (nSPS) is 17.6. The molecule has 1 atom stereocenters. The average Bonchev–Trinajstić information content (AvgIpc) is 2.45. The topological polar surface area (TPSA) is 78.7 Å². The van der Waals surface area contributed by atoms with Crippen LogP contribution in [0, 0.1) is 5.92 Å². The summed E-state index contributed by atoms with van der Waals surface area (Å²) in [5.41, 5.74) is 5.48. The molecule has 3 N–H and O–H groups in total. The van der Waals surface area contributed by atoms with Crippen LogP contribution < -0.4 is 11.1 Å². The van der Waals surface area contributed by atoms with Gasteiger partial charge in [0.25, 0.3) is 0 Å². The minimum Gasteiger partial charge on any atom is -0.352 e. The first-order valence-electron chi connectivity index (χ1n) is 7.17. The van der Waals surface area contributed by atoms with Gasteiger partial charge < -0.3 is 16.0 Å². The second-order valence-corrected chi connectivity index (χ2v) is 5.17. The molecule has 1 unspecified atom stereocenters. The molecule has 0 aromatic carbocycles. The molecule has 0 radical (unpaired) electrons. The van der Waals surface area contributed by atoms with Crippen molar-refractivity contribution in [3.63, 3.8) is 0 Å². The van der Waals surface area contributed by atoms with Crippen LogP contribution in [-0.2, 0) is 9.59 Å². The number of carbonyl (C=O) groups excluding carboxylic acids is 2. The maximum absolute atomic E-state index is 12.1. The highest BCUT2D eigenvalue weighted by Gasteiger charge is 2.25. The molecule has 0 aromatic rings. The second kappa shape index (κ2) is 8.71. The Bertz CT molecular complexity index is 338. The molecule has 0 aliphatic carbocycles. The van der Waals surface area contributed by atoms with Gasteiger partial charge in [0.1, 0.15) is 0 Å². The number of nitrogens with one attached hydrogen (secondary N) is 1. The van der Waals surface area contributed by atoms with Crippen LogP contribution in [0.2, 0.25) is 0 Å². The van der Waals surface area contributed by atoms with E-state index in [1.807, 2.05) is 11.8 Å². The van der Waals surface area contributed by atoms with Gasteiger partial charge >= 0.3 is 0 Å². The van der Waals surface area contributed by atoms with Gasteiger partial charge in [0.2, 0.25) is 11.8 Å². The highest BCUT2D eigenvalue weighted by atomic mass is 16.2. The Balaban J connectivity index is 2.30. The third kappa shape index (κ3) is 5.30. The lowest BCUT2D eigenvalue weighted by atomic mass is 10.1. The zero-order valence-corrected chi connectivity index (χ0v) is 12.3. The van der Waals surface area contributed by atoms with Crippen LogP contribution in [0.3, 0.4) is 0 Å². The van der Waals surface area contributed by atoms with Gasteiger partial charge in [-0.05, 0) is 13.0 Å². The molecule has 1 rings (SSSR count). The summed E-state index contributed by atoms with van der Waals surface area (Å²) in [6, 6.07) is 0. The SMILES string of the molecule is C=CCNC(=O)CN1CCN(C(=O)C(C)CCN)CC1. The first-order valence-corrected chi connectivity index (χ1v) is 7.17. The molecule has 1 saturated heterocycles. The van der Waals surface area contributed by atoms with Crippen LogP contribution in [0.4, 0.5) is 0 Å². The van der Waals surface area contributed by atoms with E-state index in [0.717, 1.165) is 19.5 Å². The average molecular weight is 282 g/mol. The van der Waals surface area contributed by atoms with E-state index < -0.39 is 0 Å². The second-order valence-electron chi connectivity index (χ2n) is 5.17. The van der Waals surface area contributed by atoms with E-state index in [9.17, 15) is 9.59 Å². The minimum atomic E-state index is -0.0116. The van der Waals surface area contributed by atoms with Crippen LogP contribution in [0.1, 0.15) is 13.3 Å². The third-order valence-electron chi connectivity index (χ3n) is 3.52. The van der Waals surface area contributed by atoms with E-state index in [0.29, 0.717) is 32.7 Å². The van der Waals surface area contributed by atoms with Crippen molar-refractivity contribution in [3.05, 3.63) is 12.7 Å². The summed E-state index contributed by atoms with van der Waals surface area (Å²) in [6.45, 7) is 9.74. The van der Waals surface area contributed by atoms with E-state index in [1.54, 1.807) is 6.08 Å². The van der Waals surface area contributed by atoms with Crippen molar-refractivity contribution in [2.45, 2.75) is 13.3 Å². The van der Waals surface area contributed by atoms with Gasteiger partial charge in [-0.1, -0.05) is 13.0 Å². The molecule has 0 bridgehead atoms. The molecular weight excluding hydrogens is 256 g/mol. The first kappa shape index (κ1) is 16.7. The summed E-state index contributed by atoms with van der Waals surface area (Å²) < 4.78 is 0. The lowest BCUT2D eigenvalue weighted by Gasteiger charge is -2.35. The highest BCUT2D eigenvalue weighted by molar-refractivity contribution is 5.79. The fraction of sp³-hybridized carbons (Fsp3) is 0.714. The molecule has 1 fully saturated rings. The van der Waals surface area contributed by atoms with Crippen LogP contribution >= 0.6 is 0 Å². The molecular formula is C14H26N4O2. The van der Waals surface area contributed by atoms with E-state index in [4.69, 9.17) is 5.73 Å². The highest BCUT2D eigenvalue weighted by Crippen LogP contribution is 2.09. The maximum Gasteiger partial charge on any atom is 0.234 e. The first-order chi connectivity index (χ1) is 9.58. The van der Waals surface area contributed by atoms with E-state index in [1.165, 1.54) is 0 Å². The van der Waals surface area contributed by atoms with Crippen LogP contribution in [0.25, 0.3) is 0 Å². The van der Waals surface area contributed by atoms with Gasteiger partial charge in [-0.15, -0.1) is 6.58 Å². The lowest BCUT2D eigenvalue weighted by molar-refractivity contribution is -0.137. The Kier molecular flexibility index (Phi) is 7.25. The van der Waals surface area contributed by atoms with Crippen molar-refractivity contribution in [2.24, 2.45) is 11.7 Å². The monoisotopic (exact) mass is 282 g/mol. The van der Waals surface area contributed by atoms with Crippen molar-refractivity contribution >= 4 is 11.8 Å². The van der Waals surface area contributed by atoms with Crippen LogP contribution in [-0.4, -0.2) is 67.4 Å². The van der Waals surface area contributed by atoms with Gasteiger partial charge in [0.05, 0.1) is 6.54 Å². The molecule has 0 spiro atoms. The number of hydrogen-bond acceptors (Lipinski definition) is 4. The summed E-state index contributed by atoms with van der Waals surface area (Å²) >= 11 is 0. The molecule has 0 saturated carbocycles. The number of nitrogens with zero attached hydrogens (tertiary/aromatic N) is 2. The molecule has 1 aliphatic heterocycles. The van der Waals surface area contributed by atoms with Gasteiger partial charge in [-0.25, -0.2) is 0 Å². The number of nitrogens with two attached hydrogens (primary N) is 1. The summed E-state index contributed by atoms with van der Waals surface area (Å²) in [7, 11) is 0. The zero-order valence-electron chi connectivity index (χ0n) is 12.3. The van der Waals surface area contributed by atoms with Crippen molar-refractivity contribution in [1.82, 2.24) is 15.1 Å². The van der Waals surface area contributed by atoms with Gasteiger partial charge in [0.15, 0.2) is 0 Å². The van der Waals surface area contributed by atoms with Gasteiger partial charge in [0, 0.05) is 38.6 Å². The Morgan fingerprint density at radius 3 is 2.55 bits per heavy atom. The van der Waals surface area contributed by atoms with Crippen LogP contribution in [0.5, 0.6) is 0 Å². The fourth-order valence-electron chi connectivity index (χ4n) is 2.26. The third-order valence-corrected chi connectivity index (χ3v) is 3.52. The Morgan fingerprint density at radius 2 is 2.00 bits per heavy atom. The summed E-state index contributed by atoms with van der Waals surface area (Å²) in [5.74, 6) is 0.162. The smallest absolute Gasteiger partial charge is 0.234 e. The quantitative estimate of drug-likeness (QED) is 0.612. The molecule has 0 aromatic heterocycles. The number of piperazine rings is 1. The predicted molar refractivity (Wildman–Crippen MR) is 79.1 cm³/mol. The van der Waals surface area contributed by atoms with Gasteiger partial charge in [-0.2, -0.15) is 0 Å². The predicted octanol–water partition coefficient (Wildman–Crippen LogP) is -0.582. The van der Waals surface area contributed by atoms with Crippen molar-refractivity contribution in [3.8, 4) is 0 Å². The van der Waals surface area contributed by atoms with Crippen molar-refractivity contribution < 1.29 is 9.59 Å². The number of rotatable bonds is 7. The Morgan fingerprint density at radius 1 is 1.35 bits per heavy atom. The molecule has 6 nitrogen and oxygen atoms in total. The standard InChI is InChI=1S/C14H26N4O2/c1-3-6-16-13(19)11-17-7-9-18(10-8-17)14(20)12(2)4-5-15/h3,12H,1,4-11,15H2,2H3,(H,16,19). The molecule has 2 amide bonds. The fourth-order valence-corrected chi connectivity index (χ4v) is 2.26. The van der Waals surface area contributed by atoms with Crippen molar-refractivity contribution in [1.29, 1.82) is 0 Å². The molecule has 1 heterocycles. The van der Waals surface area contributed by atoms with Crippen molar-refractivity contribution in [2.75, 3.05) is 45.8 Å². The van der Waals surface area contributed by atoms with E-state index in [2.05, 4.69) is 16.8 Å². The minimum absolute atomic E-state index is 0.00109. The van der Waals surface area contributed by atoms with Crippen LogP contribution in [0.15, 0.2) is 12.7 Å². The Hall–Kier alpha value is -1.40. The van der Waals surface area contributed by atoms with E-state index >= 15 is 0 Å². The number of amides is 2. The molecule has 6 heteroatoms. The number of carbonyl (C=O) groups is 2. The van der Waals surface area contributed by atoms with E-state index in [-0.39, 0.29) is 17.7 Å². The molecule has 114 valence electrons. The Labute approximate surface area is 121 Å². The molecule has 20 heavy (non-hydrogen) atoms. The lowest BCUT2D eigenvalue weighted by Crippen LogP contribution is -2.52. The summed E-state index contributed by atoms with van der Waals surface area (Å²) in [6.07, 6.45) is 2.39. The molecule has 1 aliphatic rings. The van der Waals surface area contributed by atoms with Gasteiger partial charge in [-0.3, -0.25) is 14.5 Å². The number of hydrogen-bond donors (Lipinski definition) is 2. The zero-order chi connectivity index (χ0) is 15.0. The summed E-state index contributed by atoms with van der Waals surface area (Å²) in [4.78, 5) is 27.6. The largest absolute Gasteiger partial charge is 0.352 e. The summed E-state index contributed by atoms with van der Waals surface area (Å²) in [5, 5.41) is 2.76. The maximum atomic E-state index is 12.1.